The number of methoxy groups -OCH3 is 1. The summed E-state index contributed by atoms with van der Waals surface area (Å²) in [7, 11) is 1.60. The Morgan fingerprint density at radius 3 is 2.59 bits per heavy atom. The number of alkyl halides is 1. The highest BCUT2D eigenvalue weighted by Gasteiger charge is 2.47. The Hall–Kier alpha value is -2.35. The molecule has 4 rings (SSSR count). The first kappa shape index (κ1) is 22.8. The van der Waals surface area contributed by atoms with Crippen LogP contribution in [0.5, 0.6) is 5.75 Å². The van der Waals surface area contributed by atoms with Gasteiger partial charge in [-0.1, -0.05) is 42.8 Å². The molecule has 1 heterocycles. The summed E-state index contributed by atoms with van der Waals surface area (Å²) < 4.78 is 9.88. The number of halogens is 2. The Morgan fingerprint density at radius 2 is 1.97 bits per heavy atom. The van der Waals surface area contributed by atoms with Crippen LogP contribution in [-0.4, -0.2) is 32.9 Å². The van der Waals surface area contributed by atoms with Crippen LogP contribution in [0.25, 0.3) is 11.3 Å². The van der Waals surface area contributed by atoms with Gasteiger partial charge in [0.1, 0.15) is 11.9 Å². The lowest BCUT2D eigenvalue weighted by Crippen LogP contribution is -2.40. The summed E-state index contributed by atoms with van der Waals surface area (Å²) >= 11 is 9.56. The van der Waals surface area contributed by atoms with Crippen LogP contribution in [-0.2, 0) is 16.0 Å². The number of ether oxygens (including phenoxy) is 2. The summed E-state index contributed by atoms with van der Waals surface area (Å²) in [6.45, 7) is 1.93. The fraction of sp³-hybridized carbons (Fsp3) is 0.333. The van der Waals surface area contributed by atoms with Gasteiger partial charge in [-0.2, -0.15) is 5.10 Å². The number of H-pyrrole nitrogens is 1. The maximum Gasteiger partial charge on any atom is 0.314 e. The van der Waals surface area contributed by atoms with E-state index in [2.05, 4.69) is 26.1 Å². The van der Waals surface area contributed by atoms with Gasteiger partial charge in [0, 0.05) is 28.3 Å². The molecule has 1 aliphatic rings. The molecular weight excluding hydrogens is 496 g/mol. The predicted molar refractivity (Wildman–Crippen MR) is 126 cm³/mol. The molecule has 2 N–H and O–H groups in total. The van der Waals surface area contributed by atoms with Gasteiger partial charge in [0.15, 0.2) is 4.51 Å². The molecule has 1 aromatic heterocycles. The Kier molecular flexibility index (Phi) is 6.60. The third-order valence-electron chi connectivity index (χ3n) is 5.88. The van der Waals surface area contributed by atoms with E-state index in [0.717, 1.165) is 22.6 Å². The molecule has 168 valence electrons. The highest BCUT2D eigenvalue weighted by molar-refractivity contribution is 9.10. The zero-order chi connectivity index (χ0) is 22.9. The molecule has 0 saturated heterocycles. The number of carbonyl (C=O) groups is 1. The smallest absolute Gasteiger partial charge is 0.314 e. The number of esters is 1. The lowest BCUT2D eigenvalue weighted by molar-refractivity contribution is -0.162. The molecular formula is C24H24BrClN2O4. The highest BCUT2D eigenvalue weighted by atomic mass is 79.9. The first-order valence-electron chi connectivity index (χ1n) is 10.4. The molecule has 2 aromatic carbocycles. The second-order valence-corrected chi connectivity index (χ2v) is 9.59. The summed E-state index contributed by atoms with van der Waals surface area (Å²) in [5.74, 6) is -0.128. The van der Waals surface area contributed by atoms with Gasteiger partial charge in [0.2, 0.25) is 0 Å². The van der Waals surface area contributed by atoms with Crippen molar-refractivity contribution < 1.29 is 19.4 Å². The molecule has 0 bridgehead atoms. The summed E-state index contributed by atoms with van der Waals surface area (Å²) in [5, 5.41) is 19.3. The summed E-state index contributed by atoms with van der Waals surface area (Å²) in [6.07, 6.45) is 0.462. The summed E-state index contributed by atoms with van der Waals surface area (Å²) in [5.41, 5.74) is 3.73. The number of carbonyl (C=O) groups excluding carboxylic acids is 1. The van der Waals surface area contributed by atoms with Gasteiger partial charge in [-0.25, -0.2) is 0 Å². The molecule has 0 unspecified atom stereocenters. The molecule has 0 amide bonds. The zero-order valence-corrected chi connectivity index (χ0v) is 20.1. The van der Waals surface area contributed by atoms with Crippen LogP contribution in [0.3, 0.4) is 0 Å². The second kappa shape index (κ2) is 9.25. The van der Waals surface area contributed by atoms with Gasteiger partial charge in [0.25, 0.3) is 0 Å². The largest absolute Gasteiger partial charge is 0.497 e. The Labute approximate surface area is 200 Å². The molecule has 8 heteroatoms. The van der Waals surface area contributed by atoms with Crippen molar-refractivity contribution in [1.82, 2.24) is 10.2 Å². The van der Waals surface area contributed by atoms with Crippen molar-refractivity contribution in [3.63, 3.8) is 0 Å². The molecule has 0 saturated carbocycles. The summed E-state index contributed by atoms with van der Waals surface area (Å²) in [6, 6.07) is 14.6. The Balaban J connectivity index is 1.59. The van der Waals surface area contributed by atoms with E-state index in [1.807, 2.05) is 43.3 Å². The molecule has 0 radical (unpaired) electrons. The number of aromatic amines is 1. The van der Waals surface area contributed by atoms with E-state index in [4.69, 9.17) is 21.1 Å². The van der Waals surface area contributed by atoms with Crippen molar-refractivity contribution in [1.29, 1.82) is 0 Å². The molecule has 32 heavy (non-hydrogen) atoms. The van der Waals surface area contributed by atoms with Gasteiger partial charge in [0.05, 0.1) is 18.7 Å². The van der Waals surface area contributed by atoms with Crippen LogP contribution in [0.1, 0.15) is 48.6 Å². The SMILES string of the molecule is CC[C@H](C(=O)O[C@@]1(Br)CCc2[nH]nc(-c3ccc(Cl)cc3)c2[C@@H]1O)c1ccc(OC)cc1. The van der Waals surface area contributed by atoms with Crippen molar-refractivity contribution in [3.8, 4) is 17.0 Å². The van der Waals surface area contributed by atoms with Gasteiger partial charge in [-0.05, 0) is 58.6 Å². The van der Waals surface area contributed by atoms with Crippen LogP contribution in [0.2, 0.25) is 5.02 Å². The number of nitrogens with one attached hydrogen (secondary N) is 1. The van der Waals surface area contributed by atoms with Crippen LogP contribution in [0, 0.1) is 0 Å². The molecule has 0 spiro atoms. The molecule has 0 fully saturated rings. The lowest BCUT2D eigenvalue weighted by Gasteiger charge is -2.37. The van der Waals surface area contributed by atoms with E-state index >= 15 is 0 Å². The fourth-order valence-electron chi connectivity index (χ4n) is 4.07. The maximum absolute atomic E-state index is 13.2. The van der Waals surface area contributed by atoms with E-state index in [0.29, 0.717) is 35.5 Å². The number of rotatable bonds is 6. The highest BCUT2D eigenvalue weighted by Crippen LogP contribution is 2.47. The van der Waals surface area contributed by atoms with Gasteiger partial charge in [-0.3, -0.25) is 9.89 Å². The minimum atomic E-state index is -1.25. The van der Waals surface area contributed by atoms with Crippen LogP contribution < -0.4 is 4.74 Å². The zero-order valence-electron chi connectivity index (χ0n) is 17.8. The number of benzene rings is 2. The molecule has 3 atom stereocenters. The average molecular weight is 520 g/mol. The minimum absolute atomic E-state index is 0.395. The minimum Gasteiger partial charge on any atom is -0.497 e. The first-order chi connectivity index (χ1) is 15.4. The number of aryl methyl sites for hydroxylation is 1. The number of hydrogen-bond acceptors (Lipinski definition) is 5. The molecule has 0 aliphatic heterocycles. The predicted octanol–water partition coefficient (Wildman–Crippen LogP) is 5.55. The van der Waals surface area contributed by atoms with Crippen LogP contribution in [0.4, 0.5) is 0 Å². The third kappa shape index (κ3) is 4.29. The van der Waals surface area contributed by atoms with Crippen molar-refractivity contribution in [3.05, 3.63) is 70.4 Å². The number of nitrogens with zero attached hydrogens (tertiary/aromatic N) is 1. The summed E-state index contributed by atoms with van der Waals surface area (Å²) in [4.78, 5) is 13.2. The van der Waals surface area contributed by atoms with Gasteiger partial charge in [-0.15, -0.1) is 0 Å². The number of aliphatic hydroxyl groups excluding tert-OH is 1. The van der Waals surface area contributed by atoms with Crippen LogP contribution in [0.15, 0.2) is 48.5 Å². The fourth-order valence-corrected chi connectivity index (χ4v) is 4.78. The number of aromatic nitrogens is 2. The quantitative estimate of drug-likeness (QED) is 0.330. The van der Waals surface area contributed by atoms with Crippen molar-refractivity contribution >= 4 is 33.5 Å². The third-order valence-corrected chi connectivity index (χ3v) is 7.12. The average Bonchev–Trinajstić information content (AvgIpc) is 3.22. The molecule has 3 aromatic rings. The molecule has 1 aliphatic carbocycles. The Morgan fingerprint density at radius 1 is 1.28 bits per heavy atom. The van der Waals surface area contributed by atoms with E-state index < -0.39 is 22.5 Å². The van der Waals surface area contributed by atoms with E-state index in [1.54, 1.807) is 19.2 Å². The number of fused-ring (bicyclic) bond motifs is 1. The van der Waals surface area contributed by atoms with Gasteiger partial charge >= 0.3 is 5.97 Å². The van der Waals surface area contributed by atoms with Crippen molar-refractivity contribution in [2.45, 2.75) is 42.7 Å². The van der Waals surface area contributed by atoms with Crippen LogP contribution >= 0.6 is 27.5 Å². The standard InChI is InChI=1S/C24H24BrClN2O4/c1-3-18(14-6-10-17(31-2)11-7-14)23(30)32-24(25)13-12-19-20(22(24)29)21(28-27-19)15-4-8-16(26)9-5-15/h4-11,18,22,29H,3,12-13H2,1-2H3,(H,27,28)/t18-,22-,24-/m0/s1. The maximum atomic E-state index is 13.2. The van der Waals surface area contributed by atoms with Crippen molar-refractivity contribution in [2.24, 2.45) is 0 Å². The molecule has 6 nitrogen and oxygen atoms in total. The number of aliphatic hydroxyl groups is 1. The Bertz CT molecular complexity index is 1100. The van der Waals surface area contributed by atoms with E-state index in [-0.39, 0.29) is 0 Å². The first-order valence-corrected chi connectivity index (χ1v) is 11.6. The second-order valence-electron chi connectivity index (χ2n) is 7.82. The monoisotopic (exact) mass is 518 g/mol. The normalized spacial score (nSPS) is 21.0. The van der Waals surface area contributed by atoms with Gasteiger partial charge < -0.3 is 14.6 Å². The van der Waals surface area contributed by atoms with Crippen molar-refractivity contribution in [2.75, 3.05) is 7.11 Å². The van der Waals surface area contributed by atoms with E-state index in [9.17, 15) is 9.90 Å². The topological polar surface area (TPSA) is 84.4 Å². The van der Waals surface area contributed by atoms with E-state index in [1.165, 1.54) is 0 Å². The lowest BCUT2D eigenvalue weighted by atomic mass is 9.88. The number of hydrogen-bond donors (Lipinski definition) is 2.